The number of ether oxygens (including phenoxy) is 1. The highest BCUT2D eigenvalue weighted by Crippen LogP contribution is 2.54. The van der Waals surface area contributed by atoms with Crippen molar-refractivity contribution in [1.82, 2.24) is 5.32 Å². The van der Waals surface area contributed by atoms with E-state index in [2.05, 4.69) is 12.2 Å². The van der Waals surface area contributed by atoms with Crippen LogP contribution in [0.3, 0.4) is 0 Å². The van der Waals surface area contributed by atoms with Crippen LogP contribution in [0.1, 0.15) is 37.8 Å². The average Bonchev–Trinajstić information content (AvgIpc) is 3.30. The van der Waals surface area contributed by atoms with E-state index in [0.29, 0.717) is 17.9 Å². The van der Waals surface area contributed by atoms with E-state index in [-0.39, 0.29) is 18.4 Å². The van der Waals surface area contributed by atoms with Crippen molar-refractivity contribution in [1.29, 1.82) is 0 Å². The number of carbonyl (C=O) groups is 1. The third-order valence-electron chi connectivity index (χ3n) is 5.35. The molecular weight excluding hydrogens is 348 g/mol. The minimum Gasteiger partial charge on any atom is -0.484 e. The Morgan fingerprint density at radius 1 is 1.22 bits per heavy atom. The number of amides is 1. The maximum atomic E-state index is 14.2. The lowest BCUT2D eigenvalue weighted by Crippen LogP contribution is -2.36. The highest BCUT2D eigenvalue weighted by molar-refractivity contribution is 5.77. The Bertz CT molecular complexity index is 806. The van der Waals surface area contributed by atoms with Crippen molar-refractivity contribution < 1.29 is 18.3 Å². The summed E-state index contributed by atoms with van der Waals surface area (Å²) < 4.78 is 32.9. The molecule has 0 spiro atoms. The number of benzene rings is 2. The zero-order valence-electron chi connectivity index (χ0n) is 15.7. The molecule has 2 unspecified atom stereocenters. The Morgan fingerprint density at radius 2 is 1.93 bits per heavy atom. The van der Waals surface area contributed by atoms with E-state index in [1.54, 1.807) is 0 Å². The predicted molar refractivity (Wildman–Crippen MR) is 101 cm³/mol. The van der Waals surface area contributed by atoms with Gasteiger partial charge in [0.05, 0.1) is 0 Å². The summed E-state index contributed by atoms with van der Waals surface area (Å²) in [6, 6.07) is 11.3. The molecule has 1 saturated carbocycles. The van der Waals surface area contributed by atoms with Crippen LogP contribution < -0.4 is 10.1 Å². The molecule has 2 aromatic rings. The lowest BCUT2D eigenvalue weighted by molar-refractivity contribution is -0.123. The van der Waals surface area contributed by atoms with E-state index in [1.807, 2.05) is 31.2 Å². The first kappa shape index (κ1) is 19.3. The molecule has 0 radical (unpaired) electrons. The van der Waals surface area contributed by atoms with Gasteiger partial charge in [-0.15, -0.1) is 0 Å². The molecule has 3 nitrogen and oxygen atoms in total. The fourth-order valence-corrected chi connectivity index (χ4v) is 3.59. The van der Waals surface area contributed by atoms with Gasteiger partial charge in [0.1, 0.15) is 17.4 Å². The molecule has 0 bridgehead atoms. The number of halogens is 2. The fraction of sp³-hybridized carbons (Fsp3) is 0.409. The van der Waals surface area contributed by atoms with Gasteiger partial charge in [-0.25, -0.2) is 8.78 Å². The number of rotatable bonds is 8. The van der Waals surface area contributed by atoms with Crippen LogP contribution in [0.4, 0.5) is 8.78 Å². The molecular formula is C22H25F2NO2. The number of carbonyl (C=O) groups excluding carboxylic acids is 1. The summed E-state index contributed by atoms with van der Waals surface area (Å²) in [6.45, 7) is 4.35. The van der Waals surface area contributed by atoms with E-state index in [4.69, 9.17) is 4.74 Å². The third-order valence-corrected chi connectivity index (χ3v) is 5.35. The number of aryl methyl sites for hydroxylation is 1. The molecule has 144 valence electrons. The summed E-state index contributed by atoms with van der Waals surface area (Å²) in [6.07, 6.45) is 2.86. The second-order valence-electron chi connectivity index (χ2n) is 7.34. The Hall–Kier alpha value is -2.43. The van der Waals surface area contributed by atoms with E-state index in [1.165, 1.54) is 17.7 Å². The maximum Gasteiger partial charge on any atom is 0.257 e. The minimum absolute atomic E-state index is 0.0938. The van der Waals surface area contributed by atoms with Gasteiger partial charge >= 0.3 is 0 Å². The van der Waals surface area contributed by atoms with Crippen LogP contribution in [0, 0.1) is 17.6 Å². The Kier molecular flexibility index (Phi) is 5.78. The summed E-state index contributed by atoms with van der Waals surface area (Å²) in [5, 5.41) is 2.83. The molecule has 0 heterocycles. The van der Waals surface area contributed by atoms with Crippen molar-refractivity contribution in [2.24, 2.45) is 5.92 Å². The van der Waals surface area contributed by atoms with Crippen LogP contribution in [0.15, 0.2) is 42.5 Å². The van der Waals surface area contributed by atoms with E-state index in [0.717, 1.165) is 25.3 Å². The highest BCUT2D eigenvalue weighted by Gasteiger charge is 2.53. The van der Waals surface area contributed by atoms with Crippen molar-refractivity contribution in [2.45, 2.75) is 38.5 Å². The van der Waals surface area contributed by atoms with Crippen LogP contribution in [0.25, 0.3) is 0 Å². The third kappa shape index (κ3) is 4.46. The van der Waals surface area contributed by atoms with Crippen molar-refractivity contribution in [3.05, 3.63) is 65.2 Å². The molecule has 0 aromatic heterocycles. The quantitative estimate of drug-likeness (QED) is 0.745. The minimum atomic E-state index is -0.595. The van der Waals surface area contributed by atoms with Gasteiger partial charge in [0.2, 0.25) is 0 Å². The largest absolute Gasteiger partial charge is 0.484 e. The number of hydrogen-bond donors (Lipinski definition) is 1. The summed E-state index contributed by atoms with van der Waals surface area (Å²) in [5.41, 5.74) is 1.24. The van der Waals surface area contributed by atoms with Crippen molar-refractivity contribution in [3.8, 4) is 5.75 Å². The first-order valence-corrected chi connectivity index (χ1v) is 9.38. The van der Waals surface area contributed by atoms with Gasteiger partial charge < -0.3 is 10.1 Å². The smallest absolute Gasteiger partial charge is 0.257 e. The monoisotopic (exact) mass is 373 g/mol. The molecule has 2 atom stereocenters. The standard InChI is InChI=1S/C22H25F2NO2/c1-3-4-16-5-8-18(9-6-16)27-13-21(26)25-14-22(12-15(22)2)19-10-7-17(23)11-20(19)24/h5-11,15H,3-4,12-14H2,1-2H3,(H,25,26). The van der Waals surface area contributed by atoms with Gasteiger partial charge in [0.25, 0.3) is 5.91 Å². The lowest BCUT2D eigenvalue weighted by Gasteiger charge is -2.19. The summed E-state index contributed by atoms with van der Waals surface area (Å²) in [4.78, 5) is 12.1. The molecule has 1 fully saturated rings. The Balaban J connectivity index is 1.53. The van der Waals surface area contributed by atoms with E-state index < -0.39 is 17.0 Å². The fourth-order valence-electron chi connectivity index (χ4n) is 3.59. The van der Waals surface area contributed by atoms with Crippen molar-refractivity contribution in [2.75, 3.05) is 13.2 Å². The van der Waals surface area contributed by atoms with Crippen LogP contribution in [0.2, 0.25) is 0 Å². The van der Waals surface area contributed by atoms with Crippen molar-refractivity contribution in [3.63, 3.8) is 0 Å². The molecule has 1 N–H and O–H groups in total. The molecule has 1 aliphatic rings. The molecule has 3 rings (SSSR count). The van der Waals surface area contributed by atoms with Crippen molar-refractivity contribution >= 4 is 5.91 Å². The predicted octanol–water partition coefficient (Wildman–Crippen LogP) is 4.39. The molecule has 0 saturated heterocycles. The normalized spacial score (nSPS) is 21.0. The Labute approximate surface area is 158 Å². The molecule has 1 aliphatic carbocycles. The zero-order chi connectivity index (χ0) is 19.4. The zero-order valence-corrected chi connectivity index (χ0v) is 15.7. The first-order chi connectivity index (χ1) is 12.9. The van der Waals surface area contributed by atoms with E-state index >= 15 is 0 Å². The molecule has 5 heteroatoms. The maximum absolute atomic E-state index is 14.2. The number of hydrogen-bond acceptors (Lipinski definition) is 2. The van der Waals surface area contributed by atoms with Crippen LogP contribution >= 0.6 is 0 Å². The SMILES string of the molecule is CCCc1ccc(OCC(=O)NCC2(c3ccc(F)cc3F)CC2C)cc1. The Morgan fingerprint density at radius 3 is 2.52 bits per heavy atom. The van der Waals surface area contributed by atoms with Crippen LogP contribution in [-0.2, 0) is 16.6 Å². The van der Waals surface area contributed by atoms with Crippen LogP contribution in [0.5, 0.6) is 5.75 Å². The molecule has 0 aliphatic heterocycles. The van der Waals surface area contributed by atoms with Crippen LogP contribution in [-0.4, -0.2) is 19.1 Å². The average molecular weight is 373 g/mol. The van der Waals surface area contributed by atoms with Gasteiger partial charge in [-0.1, -0.05) is 38.5 Å². The van der Waals surface area contributed by atoms with E-state index in [9.17, 15) is 13.6 Å². The lowest BCUT2D eigenvalue weighted by atomic mass is 9.92. The summed E-state index contributed by atoms with van der Waals surface area (Å²) in [5.74, 6) is -0.540. The molecule has 27 heavy (non-hydrogen) atoms. The number of nitrogens with one attached hydrogen (secondary N) is 1. The second-order valence-corrected chi connectivity index (χ2v) is 7.34. The summed E-state index contributed by atoms with van der Waals surface area (Å²) >= 11 is 0. The van der Waals surface area contributed by atoms with Gasteiger partial charge in [-0.2, -0.15) is 0 Å². The molecule has 1 amide bonds. The highest BCUT2D eigenvalue weighted by atomic mass is 19.1. The topological polar surface area (TPSA) is 38.3 Å². The molecule has 2 aromatic carbocycles. The van der Waals surface area contributed by atoms with Gasteiger partial charge in [0.15, 0.2) is 6.61 Å². The van der Waals surface area contributed by atoms with Gasteiger partial charge in [0, 0.05) is 18.0 Å². The summed E-state index contributed by atoms with van der Waals surface area (Å²) in [7, 11) is 0. The first-order valence-electron chi connectivity index (χ1n) is 9.38. The second kappa shape index (κ2) is 8.07. The van der Waals surface area contributed by atoms with Gasteiger partial charge in [-0.3, -0.25) is 4.79 Å². The van der Waals surface area contributed by atoms with Gasteiger partial charge in [-0.05, 0) is 48.1 Å².